The number of nitriles is 2. The molecule has 0 fully saturated rings. The predicted octanol–water partition coefficient (Wildman–Crippen LogP) is 5.43. The molecule has 0 aliphatic rings. The van der Waals surface area contributed by atoms with Gasteiger partial charge in [0.15, 0.2) is 0 Å². The number of carbonyl (C=O) groups is 1. The molecule has 0 radical (unpaired) electrons. The molecule has 150 valence electrons. The van der Waals surface area contributed by atoms with Crippen molar-refractivity contribution in [1.82, 2.24) is 0 Å². The highest BCUT2D eigenvalue weighted by Gasteiger charge is 2.08. The van der Waals surface area contributed by atoms with Gasteiger partial charge in [-0.1, -0.05) is 42.5 Å². The summed E-state index contributed by atoms with van der Waals surface area (Å²) >= 11 is 0. The van der Waals surface area contributed by atoms with Crippen molar-refractivity contribution in [1.29, 1.82) is 10.5 Å². The Balaban J connectivity index is 1.78. The van der Waals surface area contributed by atoms with Crippen LogP contribution in [0.1, 0.15) is 21.5 Å². The second-order valence-corrected chi connectivity index (χ2v) is 6.44. The Morgan fingerprint density at radius 3 is 1.68 bits per heavy atom. The molecular weight excluding hydrogens is 388 g/mol. The molecule has 3 aromatic rings. The number of rotatable bonds is 6. The molecule has 0 unspecified atom stereocenters. The lowest BCUT2D eigenvalue weighted by atomic mass is 10.0. The Bertz CT molecular complexity index is 1190. The van der Waals surface area contributed by atoms with Crippen LogP contribution >= 0.6 is 0 Å². The summed E-state index contributed by atoms with van der Waals surface area (Å²) in [6, 6.07) is 26.7. The van der Waals surface area contributed by atoms with Gasteiger partial charge in [0, 0.05) is 0 Å². The molecule has 0 aliphatic carbocycles. The van der Waals surface area contributed by atoms with E-state index in [1.807, 2.05) is 6.07 Å². The number of hydrogen-bond donors (Lipinski definition) is 0. The molecule has 0 spiro atoms. The lowest BCUT2D eigenvalue weighted by molar-refractivity contribution is 0.0734. The molecule has 0 amide bonds. The van der Waals surface area contributed by atoms with Crippen LogP contribution in [0.15, 0.2) is 90.0 Å². The van der Waals surface area contributed by atoms with Crippen LogP contribution in [0.2, 0.25) is 0 Å². The summed E-state index contributed by atoms with van der Waals surface area (Å²) in [7, 11) is 1.58. The van der Waals surface area contributed by atoms with E-state index in [0.29, 0.717) is 22.6 Å². The molecule has 5 heteroatoms. The molecular formula is C26H18N2O3. The molecule has 0 saturated carbocycles. The fraction of sp³-hybridized carbons (Fsp3) is 0.0385. The molecule has 0 aromatic heterocycles. The highest BCUT2D eigenvalue weighted by Crippen LogP contribution is 2.21. The van der Waals surface area contributed by atoms with Crippen LogP contribution in [0.5, 0.6) is 11.5 Å². The van der Waals surface area contributed by atoms with Crippen molar-refractivity contribution in [3.63, 3.8) is 0 Å². The normalized spacial score (nSPS) is 11.2. The van der Waals surface area contributed by atoms with E-state index < -0.39 is 5.97 Å². The molecule has 31 heavy (non-hydrogen) atoms. The molecule has 0 bridgehead atoms. The van der Waals surface area contributed by atoms with Crippen LogP contribution in [0.25, 0.3) is 12.2 Å². The van der Waals surface area contributed by atoms with Gasteiger partial charge in [-0.3, -0.25) is 0 Å². The van der Waals surface area contributed by atoms with Crippen LogP contribution in [-0.4, -0.2) is 13.1 Å². The average molecular weight is 406 g/mol. The molecule has 3 aromatic carbocycles. The van der Waals surface area contributed by atoms with Crippen molar-refractivity contribution < 1.29 is 14.3 Å². The first kappa shape index (κ1) is 21.1. The molecule has 0 heterocycles. The number of benzene rings is 3. The van der Waals surface area contributed by atoms with Crippen LogP contribution < -0.4 is 9.47 Å². The van der Waals surface area contributed by atoms with E-state index in [2.05, 4.69) is 12.1 Å². The largest absolute Gasteiger partial charge is 0.497 e. The number of ether oxygens (including phenoxy) is 2. The zero-order valence-electron chi connectivity index (χ0n) is 16.8. The summed E-state index contributed by atoms with van der Waals surface area (Å²) in [4.78, 5) is 12.1. The van der Waals surface area contributed by atoms with E-state index in [1.165, 1.54) is 0 Å². The van der Waals surface area contributed by atoms with Gasteiger partial charge in [-0.15, -0.1) is 0 Å². The lowest BCUT2D eigenvalue weighted by Crippen LogP contribution is -2.07. The van der Waals surface area contributed by atoms with Gasteiger partial charge in [-0.2, -0.15) is 10.5 Å². The summed E-state index contributed by atoms with van der Waals surface area (Å²) < 4.78 is 10.5. The second-order valence-electron chi connectivity index (χ2n) is 6.44. The zero-order valence-corrected chi connectivity index (χ0v) is 16.8. The first-order chi connectivity index (χ1) is 15.1. The van der Waals surface area contributed by atoms with Gasteiger partial charge < -0.3 is 9.47 Å². The van der Waals surface area contributed by atoms with Gasteiger partial charge in [0.2, 0.25) is 0 Å². The number of nitrogens with zero attached hydrogens (tertiary/aromatic N) is 2. The first-order valence-corrected chi connectivity index (χ1v) is 9.38. The second kappa shape index (κ2) is 10.2. The highest BCUT2D eigenvalue weighted by molar-refractivity contribution is 5.91. The molecule has 3 rings (SSSR count). The fourth-order valence-corrected chi connectivity index (χ4v) is 2.75. The minimum absolute atomic E-state index is 0.229. The van der Waals surface area contributed by atoms with Gasteiger partial charge in [0.25, 0.3) is 0 Å². The number of methoxy groups -OCH3 is 1. The van der Waals surface area contributed by atoms with Crippen molar-refractivity contribution in [3.05, 3.63) is 107 Å². The Labute approximate surface area is 180 Å². The van der Waals surface area contributed by atoms with Gasteiger partial charge in [0.1, 0.15) is 23.6 Å². The van der Waals surface area contributed by atoms with Crippen molar-refractivity contribution in [3.8, 4) is 23.6 Å². The van der Waals surface area contributed by atoms with E-state index >= 15 is 0 Å². The number of hydrogen-bond acceptors (Lipinski definition) is 5. The molecule has 0 N–H and O–H groups in total. The van der Waals surface area contributed by atoms with E-state index in [0.717, 1.165) is 5.56 Å². The Morgan fingerprint density at radius 2 is 1.23 bits per heavy atom. The topological polar surface area (TPSA) is 83.1 Å². The van der Waals surface area contributed by atoms with Crippen LogP contribution in [-0.2, 0) is 0 Å². The third-order valence-corrected chi connectivity index (χ3v) is 4.37. The summed E-state index contributed by atoms with van der Waals surface area (Å²) in [6.07, 6.45) is 3.26. The van der Waals surface area contributed by atoms with Crippen molar-refractivity contribution in [2.75, 3.05) is 7.11 Å². The van der Waals surface area contributed by atoms with Crippen LogP contribution in [0.4, 0.5) is 0 Å². The maximum absolute atomic E-state index is 12.1. The zero-order chi connectivity index (χ0) is 22.1. The predicted molar refractivity (Wildman–Crippen MR) is 118 cm³/mol. The van der Waals surface area contributed by atoms with Crippen molar-refractivity contribution in [2.45, 2.75) is 0 Å². The highest BCUT2D eigenvalue weighted by atomic mass is 16.5. The lowest BCUT2D eigenvalue weighted by Gasteiger charge is -2.05. The molecule has 0 atom stereocenters. The maximum atomic E-state index is 12.1. The Hall–Kier alpha value is -4.61. The summed E-state index contributed by atoms with van der Waals surface area (Å²) in [5.41, 5.74) is 2.41. The minimum atomic E-state index is -0.448. The molecule has 0 aliphatic heterocycles. The van der Waals surface area contributed by atoms with E-state index in [1.54, 1.807) is 92.1 Å². The first-order valence-electron chi connectivity index (χ1n) is 9.38. The smallest absolute Gasteiger partial charge is 0.343 e. The number of esters is 1. The Morgan fingerprint density at radius 1 is 0.742 bits per heavy atom. The van der Waals surface area contributed by atoms with Gasteiger partial charge in [-0.25, -0.2) is 4.79 Å². The third-order valence-electron chi connectivity index (χ3n) is 4.37. The minimum Gasteiger partial charge on any atom is -0.497 e. The molecule has 5 nitrogen and oxygen atoms in total. The van der Waals surface area contributed by atoms with Crippen molar-refractivity contribution >= 4 is 18.1 Å². The van der Waals surface area contributed by atoms with Gasteiger partial charge >= 0.3 is 5.97 Å². The van der Waals surface area contributed by atoms with Gasteiger partial charge in [0.05, 0.1) is 23.8 Å². The number of allylic oxidation sites excluding steroid dienone is 2. The Kier molecular flexibility index (Phi) is 6.98. The van der Waals surface area contributed by atoms with Crippen molar-refractivity contribution in [2.24, 2.45) is 0 Å². The molecule has 0 saturated heterocycles. The van der Waals surface area contributed by atoms with Crippen LogP contribution in [0, 0.1) is 22.7 Å². The standard InChI is InChI=1S/C26H18N2O3/c1-30-24-11-7-19(8-12-24)15-22(17-27)23(18-28)16-20-9-13-25(14-10-20)31-26(29)21-5-3-2-4-6-21/h2-16H,1H3/b22-15+,23-16+. The van der Waals surface area contributed by atoms with E-state index in [4.69, 9.17) is 9.47 Å². The fourth-order valence-electron chi connectivity index (χ4n) is 2.75. The van der Waals surface area contributed by atoms with Gasteiger partial charge in [-0.05, 0) is 59.7 Å². The number of carbonyl (C=O) groups excluding carboxylic acids is 1. The third kappa shape index (κ3) is 5.69. The van der Waals surface area contributed by atoms with Crippen LogP contribution in [0.3, 0.4) is 0 Å². The average Bonchev–Trinajstić information content (AvgIpc) is 2.83. The summed E-state index contributed by atoms with van der Waals surface area (Å²) in [6.45, 7) is 0. The SMILES string of the molecule is COc1ccc(/C=C(C#N)/C(C#N)=C/c2ccc(OC(=O)c3ccccc3)cc2)cc1. The monoisotopic (exact) mass is 406 g/mol. The summed E-state index contributed by atoms with van der Waals surface area (Å²) in [5, 5.41) is 19.1. The van der Waals surface area contributed by atoms with E-state index in [9.17, 15) is 15.3 Å². The van der Waals surface area contributed by atoms with E-state index in [-0.39, 0.29) is 11.1 Å². The quantitative estimate of drug-likeness (QED) is 0.236. The summed E-state index contributed by atoms with van der Waals surface area (Å²) in [5.74, 6) is 0.648. The maximum Gasteiger partial charge on any atom is 0.343 e.